The van der Waals surface area contributed by atoms with Crippen LogP contribution in [0.5, 0.6) is 0 Å². The Balaban J connectivity index is 0. The Kier molecular flexibility index (Phi) is 19.8. The molecule has 0 saturated heterocycles. The van der Waals surface area contributed by atoms with Crippen LogP contribution in [0, 0.1) is 0 Å². The molecule has 0 unspecified atom stereocenters. The second kappa shape index (κ2) is 17.3. The third kappa shape index (κ3) is 23.6. The quantitative estimate of drug-likeness (QED) is 0.505. The van der Waals surface area contributed by atoms with Gasteiger partial charge in [0.1, 0.15) is 5.33 Å². The summed E-state index contributed by atoms with van der Waals surface area (Å²) < 4.78 is 0. The molecular formula is C12H25BrO3. The zero-order chi connectivity index (χ0) is 12.6. The number of hydrogen-bond donors (Lipinski definition) is 2. The molecule has 0 fully saturated rings. The number of halogens is 1. The Hall–Kier alpha value is -0.0900. The van der Waals surface area contributed by atoms with Crippen molar-refractivity contribution in [3.8, 4) is 0 Å². The maximum absolute atomic E-state index is 9.32. The van der Waals surface area contributed by atoms with Crippen LogP contribution in [0.2, 0.25) is 0 Å². The summed E-state index contributed by atoms with van der Waals surface area (Å²) in [5.41, 5.74) is 0. The Morgan fingerprint density at radius 3 is 1.69 bits per heavy atom. The Labute approximate surface area is 107 Å². The first-order valence-corrected chi connectivity index (χ1v) is 7.19. The summed E-state index contributed by atoms with van der Waals surface area (Å²) in [6.07, 6.45) is 10.4. The van der Waals surface area contributed by atoms with Crippen molar-refractivity contribution in [2.45, 2.75) is 58.3 Å². The lowest BCUT2D eigenvalue weighted by atomic mass is 10.1. The molecule has 3 nitrogen and oxygen atoms in total. The van der Waals surface area contributed by atoms with E-state index in [2.05, 4.69) is 22.9 Å². The number of aliphatic hydroxyl groups excluding tert-OH is 1. The van der Waals surface area contributed by atoms with Crippen molar-refractivity contribution in [2.24, 2.45) is 0 Å². The number of rotatable bonds is 9. The highest BCUT2D eigenvalue weighted by molar-refractivity contribution is 9.09. The van der Waals surface area contributed by atoms with E-state index in [0.717, 1.165) is 6.42 Å². The molecule has 98 valence electrons. The monoisotopic (exact) mass is 296 g/mol. The standard InChI is InChI=1S/C10H22O.C2H3BrO2/c1-2-3-4-5-6-7-8-9-10-11;3-1-2(4)5/h11H,2-10H2,1H3;1H2,(H,4,5). The van der Waals surface area contributed by atoms with Crippen molar-refractivity contribution >= 4 is 21.9 Å². The van der Waals surface area contributed by atoms with E-state index in [1.807, 2.05) is 0 Å². The summed E-state index contributed by atoms with van der Waals surface area (Å²) in [4.78, 5) is 9.32. The van der Waals surface area contributed by atoms with E-state index in [-0.39, 0.29) is 5.33 Å². The Morgan fingerprint density at radius 1 is 1.00 bits per heavy atom. The van der Waals surface area contributed by atoms with Gasteiger partial charge in [-0.25, -0.2) is 0 Å². The van der Waals surface area contributed by atoms with Gasteiger partial charge in [-0.05, 0) is 6.42 Å². The van der Waals surface area contributed by atoms with Gasteiger partial charge in [0.15, 0.2) is 0 Å². The van der Waals surface area contributed by atoms with Gasteiger partial charge >= 0.3 is 5.97 Å². The first-order chi connectivity index (χ1) is 7.68. The molecule has 4 heteroatoms. The summed E-state index contributed by atoms with van der Waals surface area (Å²) in [5.74, 6) is -0.829. The largest absolute Gasteiger partial charge is 0.481 e. The van der Waals surface area contributed by atoms with Gasteiger partial charge in [-0.15, -0.1) is 0 Å². The fraction of sp³-hybridized carbons (Fsp3) is 0.917. The number of hydrogen-bond acceptors (Lipinski definition) is 2. The molecule has 0 atom stereocenters. The average molecular weight is 297 g/mol. The van der Waals surface area contributed by atoms with Crippen LogP contribution in [0.15, 0.2) is 0 Å². The van der Waals surface area contributed by atoms with Gasteiger partial charge in [-0.1, -0.05) is 67.8 Å². The van der Waals surface area contributed by atoms with Crippen molar-refractivity contribution in [3.63, 3.8) is 0 Å². The Morgan fingerprint density at radius 2 is 1.38 bits per heavy atom. The Bertz CT molecular complexity index is 132. The number of carbonyl (C=O) groups is 1. The molecule has 0 saturated carbocycles. The second-order valence-corrected chi connectivity index (χ2v) is 4.29. The number of aliphatic carboxylic acids is 1. The number of alkyl halides is 1. The summed E-state index contributed by atoms with van der Waals surface area (Å²) in [7, 11) is 0. The molecule has 0 spiro atoms. The van der Waals surface area contributed by atoms with E-state index < -0.39 is 5.97 Å². The smallest absolute Gasteiger partial charge is 0.314 e. The molecule has 0 aromatic carbocycles. The van der Waals surface area contributed by atoms with Crippen molar-refractivity contribution in [2.75, 3.05) is 11.9 Å². The van der Waals surface area contributed by atoms with Gasteiger partial charge in [0.25, 0.3) is 0 Å². The SMILES string of the molecule is CCCCCCCCCCO.O=C(O)CBr. The maximum Gasteiger partial charge on any atom is 0.314 e. The molecule has 0 rings (SSSR count). The van der Waals surface area contributed by atoms with E-state index in [0.29, 0.717) is 6.61 Å². The highest BCUT2D eigenvalue weighted by Gasteiger charge is 1.89. The lowest BCUT2D eigenvalue weighted by molar-refractivity contribution is -0.133. The van der Waals surface area contributed by atoms with Gasteiger partial charge < -0.3 is 10.2 Å². The molecule has 0 aromatic heterocycles. The fourth-order valence-corrected chi connectivity index (χ4v) is 1.25. The molecule has 0 aromatic rings. The number of unbranched alkanes of at least 4 members (excludes halogenated alkanes) is 7. The predicted octanol–water partition coefficient (Wildman–Crippen LogP) is 3.59. The van der Waals surface area contributed by atoms with Crippen LogP contribution in [0.25, 0.3) is 0 Å². The third-order valence-electron chi connectivity index (χ3n) is 2.13. The first kappa shape index (κ1) is 18.3. The van der Waals surface area contributed by atoms with Crippen molar-refractivity contribution < 1.29 is 15.0 Å². The van der Waals surface area contributed by atoms with Crippen molar-refractivity contribution in [1.82, 2.24) is 0 Å². The molecule has 0 aliphatic rings. The zero-order valence-electron chi connectivity index (χ0n) is 10.3. The average Bonchev–Trinajstić information content (AvgIpc) is 2.29. The predicted molar refractivity (Wildman–Crippen MR) is 71.1 cm³/mol. The van der Waals surface area contributed by atoms with Crippen LogP contribution in [0.4, 0.5) is 0 Å². The minimum atomic E-state index is -0.829. The highest BCUT2D eigenvalue weighted by atomic mass is 79.9. The topological polar surface area (TPSA) is 57.5 Å². The van der Waals surface area contributed by atoms with Crippen LogP contribution >= 0.6 is 15.9 Å². The minimum Gasteiger partial charge on any atom is -0.481 e. The number of carboxylic acid groups (broad SMARTS) is 1. The van der Waals surface area contributed by atoms with E-state index in [4.69, 9.17) is 10.2 Å². The highest BCUT2D eigenvalue weighted by Crippen LogP contribution is 2.07. The molecule has 0 bridgehead atoms. The molecule has 2 N–H and O–H groups in total. The van der Waals surface area contributed by atoms with Gasteiger partial charge in [-0.2, -0.15) is 0 Å². The molecule has 0 aliphatic carbocycles. The van der Waals surface area contributed by atoms with Crippen LogP contribution in [-0.2, 0) is 4.79 Å². The van der Waals surface area contributed by atoms with Crippen LogP contribution < -0.4 is 0 Å². The van der Waals surface area contributed by atoms with E-state index >= 15 is 0 Å². The summed E-state index contributed by atoms with van der Waals surface area (Å²) in [6.45, 7) is 2.61. The summed E-state index contributed by atoms with van der Waals surface area (Å²) in [5, 5.41) is 16.2. The second-order valence-electron chi connectivity index (χ2n) is 3.73. The summed E-state index contributed by atoms with van der Waals surface area (Å²) in [6, 6.07) is 0. The van der Waals surface area contributed by atoms with Gasteiger partial charge in [-0.3, -0.25) is 4.79 Å². The lowest BCUT2D eigenvalue weighted by Gasteiger charge is -1.98. The number of aliphatic hydroxyl groups is 1. The van der Waals surface area contributed by atoms with Crippen LogP contribution in [0.1, 0.15) is 58.3 Å². The van der Waals surface area contributed by atoms with E-state index in [9.17, 15) is 4.79 Å². The summed E-state index contributed by atoms with van der Waals surface area (Å²) >= 11 is 2.71. The van der Waals surface area contributed by atoms with Crippen LogP contribution in [-0.4, -0.2) is 28.1 Å². The molecule has 0 heterocycles. The molecule has 0 radical (unpaired) electrons. The first-order valence-electron chi connectivity index (χ1n) is 6.07. The lowest BCUT2D eigenvalue weighted by Crippen LogP contribution is -1.92. The van der Waals surface area contributed by atoms with Gasteiger partial charge in [0, 0.05) is 6.61 Å². The van der Waals surface area contributed by atoms with Crippen molar-refractivity contribution in [1.29, 1.82) is 0 Å². The molecule has 0 amide bonds. The van der Waals surface area contributed by atoms with E-state index in [1.54, 1.807) is 0 Å². The maximum atomic E-state index is 9.32. The van der Waals surface area contributed by atoms with Crippen LogP contribution in [0.3, 0.4) is 0 Å². The van der Waals surface area contributed by atoms with Gasteiger partial charge in [0.2, 0.25) is 0 Å². The number of carboxylic acids is 1. The third-order valence-corrected chi connectivity index (χ3v) is 2.61. The molecule has 16 heavy (non-hydrogen) atoms. The van der Waals surface area contributed by atoms with E-state index in [1.165, 1.54) is 44.9 Å². The van der Waals surface area contributed by atoms with Gasteiger partial charge in [0.05, 0.1) is 0 Å². The molecular weight excluding hydrogens is 272 g/mol. The minimum absolute atomic E-state index is 0.0347. The van der Waals surface area contributed by atoms with Crippen molar-refractivity contribution in [3.05, 3.63) is 0 Å². The normalized spacial score (nSPS) is 9.44. The molecule has 0 aliphatic heterocycles. The zero-order valence-corrected chi connectivity index (χ0v) is 11.8. The fourth-order valence-electron chi connectivity index (χ4n) is 1.25.